The molecule has 0 spiro atoms. The number of hydrogen-bond donors (Lipinski definition) is 0. The Labute approximate surface area is 179 Å². The molecular weight excluding hydrogens is 396 g/mol. The van der Waals surface area contributed by atoms with Crippen LogP contribution in [0.1, 0.15) is 17.2 Å². The molecule has 2 heterocycles. The van der Waals surface area contributed by atoms with Gasteiger partial charge in [-0.1, -0.05) is 36.4 Å². The first-order chi connectivity index (χ1) is 14.7. The second-order valence-corrected chi connectivity index (χ2v) is 7.77. The van der Waals surface area contributed by atoms with Crippen LogP contribution in [0.4, 0.5) is 5.69 Å². The van der Waals surface area contributed by atoms with Gasteiger partial charge in [-0.3, -0.25) is 4.79 Å². The first-order valence-electron chi connectivity index (χ1n) is 9.70. The molecule has 30 heavy (non-hydrogen) atoms. The molecule has 0 aliphatic carbocycles. The quantitative estimate of drug-likeness (QED) is 0.375. The second-order valence-electron chi connectivity index (χ2n) is 6.74. The zero-order valence-corrected chi connectivity index (χ0v) is 17.5. The number of aryl methyl sites for hydroxylation is 1. The van der Waals surface area contributed by atoms with E-state index >= 15 is 0 Å². The molecule has 0 atom stereocenters. The summed E-state index contributed by atoms with van der Waals surface area (Å²) in [5.74, 6) is 2.06. The minimum Gasteiger partial charge on any atom is -0.497 e. The highest BCUT2D eigenvalue weighted by atomic mass is 32.1. The summed E-state index contributed by atoms with van der Waals surface area (Å²) in [7, 11) is 1.63. The molecular formula is C24H22N2O3S. The minimum atomic E-state index is 0.0213. The average molecular weight is 419 g/mol. The molecule has 0 aliphatic heterocycles. The summed E-state index contributed by atoms with van der Waals surface area (Å²) in [5.41, 5.74) is 1.81. The van der Waals surface area contributed by atoms with E-state index in [4.69, 9.17) is 9.15 Å². The summed E-state index contributed by atoms with van der Waals surface area (Å²) < 4.78 is 11.1. The van der Waals surface area contributed by atoms with E-state index in [0.717, 1.165) is 21.9 Å². The van der Waals surface area contributed by atoms with E-state index in [1.54, 1.807) is 29.5 Å². The Morgan fingerprint density at radius 1 is 1.07 bits per heavy atom. The largest absolute Gasteiger partial charge is 0.497 e. The van der Waals surface area contributed by atoms with Gasteiger partial charge in [-0.2, -0.15) is 0 Å². The maximum atomic E-state index is 13.1. The van der Waals surface area contributed by atoms with E-state index in [1.165, 1.54) is 0 Å². The highest BCUT2D eigenvalue weighted by Gasteiger charge is 2.18. The number of oxazole rings is 1. The zero-order chi connectivity index (χ0) is 20.8. The lowest BCUT2D eigenvalue weighted by atomic mass is 10.2. The lowest BCUT2D eigenvalue weighted by Gasteiger charge is -2.22. The van der Waals surface area contributed by atoms with Crippen LogP contribution < -0.4 is 9.64 Å². The number of amides is 1. The van der Waals surface area contributed by atoms with Crippen LogP contribution in [-0.4, -0.2) is 18.0 Å². The van der Waals surface area contributed by atoms with Crippen molar-refractivity contribution in [1.29, 1.82) is 0 Å². The van der Waals surface area contributed by atoms with E-state index in [9.17, 15) is 4.79 Å². The molecule has 0 N–H and O–H groups in total. The Hall–Kier alpha value is -3.38. The van der Waals surface area contributed by atoms with Gasteiger partial charge in [-0.05, 0) is 35.7 Å². The number of anilines is 1. The third kappa shape index (κ3) is 4.78. The van der Waals surface area contributed by atoms with E-state index < -0.39 is 0 Å². The number of rotatable bonds is 8. The Morgan fingerprint density at radius 3 is 2.57 bits per heavy atom. The van der Waals surface area contributed by atoms with Gasteiger partial charge in [0.15, 0.2) is 11.7 Å². The average Bonchev–Trinajstić information content (AvgIpc) is 3.49. The molecule has 0 aliphatic rings. The number of thiophene rings is 1. The molecule has 4 rings (SSSR count). The first kappa shape index (κ1) is 19.9. The summed E-state index contributed by atoms with van der Waals surface area (Å²) in [4.78, 5) is 20.4. The number of ether oxygens (including phenoxy) is 1. The SMILES string of the molecule is COc1ccc(N(Cc2cccs2)C(=O)CCc2ncc(-c3ccccc3)o2)cc1. The fraction of sp³-hybridized carbons (Fsp3) is 0.167. The van der Waals surface area contributed by atoms with Crippen LogP contribution in [0.25, 0.3) is 11.3 Å². The molecule has 0 unspecified atom stereocenters. The molecule has 0 bridgehead atoms. The van der Waals surface area contributed by atoms with E-state index in [1.807, 2.05) is 72.1 Å². The smallest absolute Gasteiger partial charge is 0.227 e. The number of methoxy groups -OCH3 is 1. The van der Waals surface area contributed by atoms with Crippen molar-refractivity contribution in [2.75, 3.05) is 12.0 Å². The molecule has 0 saturated heterocycles. The van der Waals surface area contributed by atoms with Crippen LogP contribution in [0.2, 0.25) is 0 Å². The van der Waals surface area contributed by atoms with Gasteiger partial charge >= 0.3 is 0 Å². The molecule has 152 valence electrons. The van der Waals surface area contributed by atoms with E-state index in [-0.39, 0.29) is 5.91 Å². The fourth-order valence-electron chi connectivity index (χ4n) is 3.15. The van der Waals surface area contributed by atoms with Gasteiger partial charge < -0.3 is 14.1 Å². The summed E-state index contributed by atoms with van der Waals surface area (Å²) in [6.45, 7) is 0.531. The monoisotopic (exact) mass is 418 g/mol. The Balaban J connectivity index is 1.47. The highest BCUT2D eigenvalue weighted by molar-refractivity contribution is 7.09. The van der Waals surface area contributed by atoms with Crippen molar-refractivity contribution in [3.63, 3.8) is 0 Å². The number of nitrogens with zero attached hydrogens (tertiary/aromatic N) is 2. The van der Waals surface area contributed by atoms with E-state index in [0.29, 0.717) is 31.0 Å². The van der Waals surface area contributed by atoms with Crippen LogP contribution in [0.3, 0.4) is 0 Å². The standard InChI is InChI=1S/C24H22N2O3S/c1-28-20-11-9-19(10-12-20)26(17-21-8-5-15-30-21)24(27)14-13-23-25-16-22(29-23)18-6-3-2-4-7-18/h2-12,15-16H,13-14,17H2,1H3. The molecule has 1 amide bonds. The molecule has 0 saturated carbocycles. The molecule has 4 aromatic rings. The maximum absolute atomic E-state index is 13.1. The Kier molecular flexibility index (Phi) is 6.25. The molecule has 2 aromatic heterocycles. The first-order valence-corrected chi connectivity index (χ1v) is 10.6. The van der Waals surface area contributed by atoms with Crippen molar-refractivity contribution in [3.8, 4) is 17.1 Å². The summed E-state index contributed by atoms with van der Waals surface area (Å²) in [6.07, 6.45) is 2.47. The van der Waals surface area contributed by atoms with Crippen molar-refractivity contribution >= 4 is 22.9 Å². The molecule has 0 radical (unpaired) electrons. The zero-order valence-electron chi connectivity index (χ0n) is 16.7. The van der Waals surface area contributed by atoms with Gasteiger partial charge in [0.05, 0.1) is 19.9 Å². The molecule has 2 aromatic carbocycles. The van der Waals surface area contributed by atoms with E-state index in [2.05, 4.69) is 4.98 Å². The van der Waals surface area contributed by atoms with Gasteiger partial charge in [0, 0.05) is 29.0 Å². The number of hydrogen-bond acceptors (Lipinski definition) is 5. The number of carbonyl (C=O) groups excluding carboxylic acids is 1. The van der Waals surface area contributed by atoms with Gasteiger partial charge in [0.1, 0.15) is 5.75 Å². The molecule has 6 heteroatoms. The van der Waals surface area contributed by atoms with Crippen LogP contribution in [-0.2, 0) is 17.8 Å². The fourth-order valence-corrected chi connectivity index (χ4v) is 3.85. The topological polar surface area (TPSA) is 55.6 Å². The summed E-state index contributed by atoms with van der Waals surface area (Å²) in [5, 5.41) is 2.02. The van der Waals surface area contributed by atoms with Crippen molar-refractivity contribution < 1.29 is 13.9 Å². The van der Waals surface area contributed by atoms with Crippen molar-refractivity contribution in [2.24, 2.45) is 0 Å². The van der Waals surface area contributed by atoms with Crippen LogP contribution in [0.15, 0.2) is 82.7 Å². The van der Waals surface area contributed by atoms with Crippen LogP contribution in [0.5, 0.6) is 5.75 Å². The lowest BCUT2D eigenvalue weighted by Crippen LogP contribution is -2.30. The number of benzene rings is 2. The van der Waals surface area contributed by atoms with Crippen molar-refractivity contribution in [1.82, 2.24) is 4.98 Å². The predicted molar refractivity (Wildman–Crippen MR) is 119 cm³/mol. The third-order valence-corrected chi connectivity index (χ3v) is 5.60. The Bertz CT molecular complexity index is 1070. The van der Waals surface area contributed by atoms with Crippen LogP contribution in [0, 0.1) is 0 Å². The second kappa shape index (κ2) is 9.41. The number of aromatic nitrogens is 1. The summed E-state index contributed by atoms with van der Waals surface area (Å²) in [6, 6.07) is 21.4. The Morgan fingerprint density at radius 2 is 1.87 bits per heavy atom. The van der Waals surface area contributed by atoms with Gasteiger partial charge in [0.25, 0.3) is 0 Å². The van der Waals surface area contributed by atoms with Gasteiger partial charge in [0.2, 0.25) is 5.91 Å². The molecule has 5 nitrogen and oxygen atoms in total. The van der Waals surface area contributed by atoms with Gasteiger partial charge in [-0.15, -0.1) is 11.3 Å². The lowest BCUT2D eigenvalue weighted by molar-refractivity contribution is -0.118. The normalized spacial score (nSPS) is 10.7. The minimum absolute atomic E-state index is 0.0213. The van der Waals surface area contributed by atoms with Crippen LogP contribution >= 0.6 is 11.3 Å². The van der Waals surface area contributed by atoms with Gasteiger partial charge in [-0.25, -0.2) is 4.98 Å². The predicted octanol–water partition coefficient (Wildman–Crippen LogP) is 5.58. The van der Waals surface area contributed by atoms with Crippen molar-refractivity contribution in [2.45, 2.75) is 19.4 Å². The highest BCUT2D eigenvalue weighted by Crippen LogP contribution is 2.25. The maximum Gasteiger partial charge on any atom is 0.227 e. The van der Waals surface area contributed by atoms with Crippen molar-refractivity contribution in [3.05, 3.63) is 89.1 Å². The number of carbonyl (C=O) groups is 1. The third-order valence-electron chi connectivity index (χ3n) is 4.74. The summed E-state index contributed by atoms with van der Waals surface area (Å²) >= 11 is 1.64. The molecule has 0 fully saturated rings.